The number of anilines is 1. The van der Waals surface area contributed by atoms with Crippen LogP contribution in [0.4, 0.5) is 10.5 Å². The second-order valence-corrected chi connectivity index (χ2v) is 4.13. The maximum Gasteiger partial charge on any atom is 0.360 e. The van der Waals surface area contributed by atoms with E-state index in [2.05, 4.69) is 20.4 Å². The Balaban J connectivity index is 2.06. The van der Waals surface area contributed by atoms with Gasteiger partial charge in [0.1, 0.15) is 18.0 Å². The number of esters is 1. The van der Waals surface area contributed by atoms with Gasteiger partial charge >= 0.3 is 17.6 Å². The molecule has 2 amide bonds. The Kier molecular flexibility index (Phi) is 4.86. The molecule has 0 aliphatic heterocycles. The number of pyridine rings is 1. The van der Waals surface area contributed by atoms with Crippen LogP contribution in [0.25, 0.3) is 11.3 Å². The summed E-state index contributed by atoms with van der Waals surface area (Å²) in [6.07, 6.45) is 3.15. The fourth-order valence-corrected chi connectivity index (χ4v) is 1.56. The summed E-state index contributed by atoms with van der Waals surface area (Å²) in [7, 11) is 1.20. The molecule has 0 aromatic carbocycles. The van der Waals surface area contributed by atoms with Gasteiger partial charge in [-0.1, -0.05) is 0 Å². The summed E-state index contributed by atoms with van der Waals surface area (Å²) in [5, 5.41) is 4.53. The van der Waals surface area contributed by atoms with Crippen molar-refractivity contribution in [2.24, 2.45) is 0 Å². The topological polar surface area (TPSA) is 111 Å². The summed E-state index contributed by atoms with van der Waals surface area (Å²) in [5.41, 5.74) is -0.120. The molecule has 2 rings (SSSR count). The maximum absolute atomic E-state index is 11.8. The van der Waals surface area contributed by atoms with E-state index < -0.39 is 17.6 Å². The minimum absolute atomic E-state index is 0.0463. The molecule has 0 radical (unpaired) electrons. The predicted molar refractivity (Wildman–Crippen MR) is 77.2 cm³/mol. The molecule has 114 valence electrons. The lowest BCUT2D eigenvalue weighted by molar-refractivity contribution is -0.139. The van der Waals surface area contributed by atoms with Crippen molar-refractivity contribution in [3.63, 3.8) is 0 Å². The first-order chi connectivity index (χ1) is 10.6. The van der Waals surface area contributed by atoms with Crippen molar-refractivity contribution < 1.29 is 18.7 Å². The number of aromatic nitrogens is 1. The van der Waals surface area contributed by atoms with Crippen LogP contribution in [0.15, 0.2) is 45.9 Å². The lowest BCUT2D eigenvalue weighted by Gasteiger charge is -2.06. The third-order valence-corrected chi connectivity index (χ3v) is 2.64. The molecular formula is C14H13N3O5. The maximum atomic E-state index is 11.8. The molecule has 0 fully saturated rings. The fourth-order valence-electron chi connectivity index (χ4n) is 1.56. The lowest BCUT2D eigenvalue weighted by atomic mass is 10.2. The van der Waals surface area contributed by atoms with E-state index in [1.807, 2.05) is 0 Å². The monoisotopic (exact) mass is 303 g/mol. The summed E-state index contributed by atoms with van der Waals surface area (Å²) in [5.74, 6) is -0.271. The van der Waals surface area contributed by atoms with Crippen LogP contribution in [0.2, 0.25) is 0 Å². The Labute approximate surface area is 125 Å². The summed E-state index contributed by atoms with van der Waals surface area (Å²) in [6, 6.07) is 5.68. The van der Waals surface area contributed by atoms with Gasteiger partial charge in [-0.2, -0.15) is 0 Å². The largest absolute Gasteiger partial charge is 0.468 e. The van der Waals surface area contributed by atoms with E-state index >= 15 is 0 Å². The molecule has 0 aliphatic rings. The Morgan fingerprint density at radius 3 is 2.77 bits per heavy atom. The second kappa shape index (κ2) is 7.02. The zero-order valence-electron chi connectivity index (χ0n) is 11.7. The zero-order chi connectivity index (χ0) is 15.9. The molecule has 8 nitrogen and oxygen atoms in total. The quantitative estimate of drug-likeness (QED) is 0.815. The highest BCUT2D eigenvalue weighted by atomic mass is 16.5. The molecule has 22 heavy (non-hydrogen) atoms. The number of carbonyl (C=O) groups excluding carboxylic acids is 2. The number of hydrogen-bond donors (Lipinski definition) is 2. The van der Waals surface area contributed by atoms with Crippen LogP contribution in [0.3, 0.4) is 0 Å². The molecule has 8 heteroatoms. The molecule has 0 saturated carbocycles. The molecule has 2 heterocycles. The average molecular weight is 303 g/mol. The van der Waals surface area contributed by atoms with Crippen molar-refractivity contribution in [1.82, 2.24) is 10.3 Å². The highest BCUT2D eigenvalue weighted by Gasteiger charge is 2.10. The molecule has 0 atom stereocenters. The first-order valence-corrected chi connectivity index (χ1v) is 6.26. The van der Waals surface area contributed by atoms with Crippen molar-refractivity contribution in [3.05, 3.63) is 47.1 Å². The number of nitrogens with zero attached hydrogens (tertiary/aromatic N) is 1. The molecule has 0 saturated heterocycles. The molecule has 0 bridgehead atoms. The van der Waals surface area contributed by atoms with Crippen LogP contribution in [0.5, 0.6) is 0 Å². The van der Waals surface area contributed by atoms with Gasteiger partial charge in [0, 0.05) is 18.0 Å². The van der Waals surface area contributed by atoms with Crippen LogP contribution < -0.4 is 16.3 Å². The summed E-state index contributed by atoms with van der Waals surface area (Å²) in [4.78, 5) is 38.2. The van der Waals surface area contributed by atoms with Gasteiger partial charge in [-0.3, -0.25) is 9.78 Å². The van der Waals surface area contributed by atoms with Gasteiger partial charge in [0.15, 0.2) is 0 Å². The van der Waals surface area contributed by atoms with E-state index in [4.69, 9.17) is 4.42 Å². The summed E-state index contributed by atoms with van der Waals surface area (Å²) >= 11 is 0. The highest BCUT2D eigenvalue weighted by molar-refractivity contribution is 5.91. The van der Waals surface area contributed by atoms with Gasteiger partial charge in [0.25, 0.3) is 0 Å². The molecule has 0 aliphatic carbocycles. The smallest absolute Gasteiger partial charge is 0.360 e. The van der Waals surface area contributed by atoms with Gasteiger partial charge in [-0.05, 0) is 24.3 Å². The number of nitrogens with one attached hydrogen (secondary N) is 2. The summed E-state index contributed by atoms with van der Waals surface area (Å²) in [6.45, 7) is -0.304. The van der Waals surface area contributed by atoms with Crippen LogP contribution in [0.1, 0.15) is 0 Å². The Morgan fingerprint density at radius 2 is 2.14 bits per heavy atom. The van der Waals surface area contributed by atoms with Gasteiger partial charge in [-0.15, -0.1) is 0 Å². The molecule has 0 unspecified atom stereocenters. The average Bonchev–Trinajstić information content (AvgIpc) is 2.55. The van der Waals surface area contributed by atoms with Crippen LogP contribution in [-0.4, -0.2) is 30.6 Å². The van der Waals surface area contributed by atoms with E-state index in [-0.39, 0.29) is 12.2 Å². The van der Waals surface area contributed by atoms with E-state index in [9.17, 15) is 14.4 Å². The normalized spacial score (nSPS) is 9.86. The number of amides is 2. The standard InChI is InChI=1S/C14H13N3O5/c1-21-12(18)8-16-14(20)17-10-4-5-11(22-13(10)19)9-3-2-6-15-7-9/h2-7H,8H2,1H3,(H2,16,17,20). The van der Waals surface area contributed by atoms with Crippen LogP contribution >= 0.6 is 0 Å². The number of hydrogen-bond acceptors (Lipinski definition) is 6. The van der Waals surface area contributed by atoms with E-state index in [1.165, 1.54) is 19.2 Å². The highest BCUT2D eigenvalue weighted by Crippen LogP contribution is 2.17. The number of methoxy groups -OCH3 is 1. The van der Waals surface area contributed by atoms with Crippen molar-refractivity contribution >= 4 is 17.7 Å². The van der Waals surface area contributed by atoms with Crippen LogP contribution in [-0.2, 0) is 9.53 Å². The number of rotatable bonds is 4. The zero-order valence-corrected chi connectivity index (χ0v) is 11.7. The number of carbonyl (C=O) groups is 2. The summed E-state index contributed by atoms with van der Waals surface area (Å²) < 4.78 is 9.48. The molecule has 2 aromatic heterocycles. The van der Waals surface area contributed by atoms with Crippen LogP contribution in [0, 0.1) is 0 Å². The van der Waals surface area contributed by atoms with E-state index in [0.717, 1.165) is 0 Å². The van der Waals surface area contributed by atoms with Crippen molar-refractivity contribution in [2.45, 2.75) is 0 Å². The second-order valence-electron chi connectivity index (χ2n) is 4.13. The van der Waals surface area contributed by atoms with Gasteiger partial charge in [0.2, 0.25) is 0 Å². The van der Waals surface area contributed by atoms with Crippen molar-refractivity contribution in [1.29, 1.82) is 0 Å². The molecule has 2 aromatic rings. The van der Waals surface area contributed by atoms with Gasteiger partial charge in [-0.25, -0.2) is 9.59 Å². The first kappa shape index (κ1) is 15.2. The molecule has 0 spiro atoms. The predicted octanol–water partition coefficient (Wildman–Crippen LogP) is 0.996. The van der Waals surface area contributed by atoms with Gasteiger partial charge < -0.3 is 19.8 Å². The van der Waals surface area contributed by atoms with Gasteiger partial charge in [0.05, 0.1) is 7.11 Å². The lowest BCUT2D eigenvalue weighted by Crippen LogP contribution is -2.34. The van der Waals surface area contributed by atoms with E-state index in [0.29, 0.717) is 11.3 Å². The third-order valence-electron chi connectivity index (χ3n) is 2.64. The molecular weight excluding hydrogens is 290 g/mol. The minimum Gasteiger partial charge on any atom is -0.468 e. The van der Waals surface area contributed by atoms with Crippen molar-refractivity contribution in [2.75, 3.05) is 19.0 Å². The van der Waals surface area contributed by atoms with Crippen molar-refractivity contribution in [3.8, 4) is 11.3 Å². The number of urea groups is 1. The first-order valence-electron chi connectivity index (χ1n) is 6.26. The third kappa shape index (κ3) is 3.92. The Morgan fingerprint density at radius 1 is 1.32 bits per heavy atom. The SMILES string of the molecule is COC(=O)CNC(=O)Nc1ccc(-c2cccnc2)oc1=O. The minimum atomic E-state index is -0.716. The van der Waals surface area contributed by atoms with E-state index in [1.54, 1.807) is 24.5 Å². The molecule has 2 N–H and O–H groups in total. The fraction of sp³-hybridized carbons (Fsp3) is 0.143. The Hall–Kier alpha value is -3.16. The Bertz CT molecular complexity index is 727. The number of ether oxygens (including phenoxy) is 1.